The molecular formula is C33H25BrFN5O5. The Balaban J connectivity index is 1.22. The molecule has 0 saturated carbocycles. The molecule has 6 rings (SSSR count). The van der Waals surface area contributed by atoms with Gasteiger partial charge in [0, 0.05) is 24.4 Å². The highest BCUT2D eigenvalue weighted by Gasteiger charge is 2.26. The smallest absolute Gasteiger partial charge is 0.345 e. The minimum atomic E-state index is -1.30. The first-order chi connectivity index (χ1) is 21.9. The number of carbonyl (C=O) groups is 1. The number of para-hydroxylation sites is 2. The molecular weight excluding hydrogens is 645 g/mol. The second kappa shape index (κ2) is 13.1. The highest BCUT2D eigenvalue weighted by Crippen LogP contribution is 2.37. The highest BCUT2D eigenvalue weighted by molar-refractivity contribution is 9.10. The van der Waals surface area contributed by atoms with Gasteiger partial charge in [0.1, 0.15) is 35.8 Å². The number of nitrogens with zero attached hydrogens (tertiary/aromatic N) is 5. The Morgan fingerprint density at radius 3 is 2.51 bits per heavy atom. The van der Waals surface area contributed by atoms with E-state index in [-0.39, 0.29) is 24.7 Å². The Morgan fingerprint density at radius 1 is 0.978 bits per heavy atom. The maximum Gasteiger partial charge on any atom is 0.345 e. The van der Waals surface area contributed by atoms with E-state index in [2.05, 4.69) is 36.0 Å². The molecule has 0 radical (unpaired) electrons. The molecule has 0 aliphatic carbocycles. The number of ether oxygens (including phenoxy) is 3. The summed E-state index contributed by atoms with van der Waals surface area (Å²) in [4.78, 5) is 25.7. The van der Waals surface area contributed by atoms with Crippen LogP contribution in [0.25, 0.3) is 28.0 Å². The Morgan fingerprint density at radius 2 is 1.73 bits per heavy atom. The quantitative estimate of drug-likeness (QED) is 0.167. The van der Waals surface area contributed by atoms with Gasteiger partial charge in [-0.15, -0.1) is 0 Å². The summed E-state index contributed by atoms with van der Waals surface area (Å²) in [5.41, 5.74) is 3.88. The molecule has 0 aliphatic rings. The summed E-state index contributed by atoms with van der Waals surface area (Å²) in [7, 11) is 1.59. The van der Waals surface area contributed by atoms with Crippen molar-refractivity contribution in [1.82, 2.24) is 24.6 Å². The van der Waals surface area contributed by atoms with Crippen LogP contribution in [-0.4, -0.2) is 48.9 Å². The zero-order chi connectivity index (χ0) is 31.3. The highest BCUT2D eigenvalue weighted by atomic mass is 79.9. The number of rotatable bonds is 11. The van der Waals surface area contributed by atoms with Gasteiger partial charge in [0.05, 0.1) is 22.8 Å². The van der Waals surface area contributed by atoms with E-state index < -0.39 is 12.1 Å². The monoisotopic (exact) mass is 669 g/mol. The molecule has 1 unspecified atom stereocenters. The molecule has 0 amide bonds. The third-order valence-electron chi connectivity index (χ3n) is 6.98. The fourth-order valence-corrected chi connectivity index (χ4v) is 5.46. The Hall–Kier alpha value is -5.36. The number of halogens is 2. The lowest BCUT2D eigenvalue weighted by Crippen LogP contribution is -2.30. The van der Waals surface area contributed by atoms with Crippen molar-refractivity contribution >= 4 is 27.4 Å². The minimum absolute atomic E-state index is 0.0128. The maximum atomic E-state index is 13.5. The topological polar surface area (TPSA) is 121 Å². The molecule has 1 atom stereocenters. The van der Waals surface area contributed by atoms with Crippen molar-refractivity contribution < 1.29 is 28.5 Å². The Labute approximate surface area is 265 Å². The fraction of sp³-hybridized carbons (Fsp3) is 0.121. The van der Waals surface area contributed by atoms with Gasteiger partial charge in [-0.1, -0.05) is 42.5 Å². The second-order valence-corrected chi connectivity index (χ2v) is 10.6. The molecule has 12 heteroatoms. The average molecular weight is 670 g/mol. The molecule has 0 fully saturated rings. The molecule has 6 aromatic rings. The van der Waals surface area contributed by atoms with Gasteiger partial charge in [-0.25, -0.2) is 23.7 Å². The first-order valence-electron chi connectivity index (χ1n) is 13.7. The van der Waals surface area contributed by atoms with Crippen LogP contribution in [0.2, 0.25) is 0 Å². The summed E-state index contributed by atoms with van der Waals surface area (Å²) in [5, 5.41) is 14.4. The number of benzene rings is 3. The molecule has 0 aliphatic heterocycles. The molecule has 10 nitrogen and oxygen atoms in total. The third-order valence-corrected chi connectivity index (χ3v) is 7.78. The van der Waals surface area contributed by atoms with Crippen LogP contribution in [0.1, 0.15) is 11.3 Å². The number of carboxylic acid groups (broad SMARTS) is 1. The van der Waals surface area contributed by atoms with Crippen molar-refractivity contribution in [2.75, 3.05) is 7.11 Å². The predicted molar refractivity (Wildman–Crippen MR) is 167 cm³/mol. The summed E-state index contributed by atoms with van der Waals surface area (Å²) in [6.07, 6.45) is 3.34. The van der Waals surface area contributed by atoms with Gasteiger partial charge in [-0.2, -0.15) is 10.1 Å². The van der Waals surface area contributed by atoms with Crippen LogP contribution in [0.15, 0.2) is 102 Å². The van der Waals surface area contributed by atoms with Gasteiger partial charge in [-0.3, -0.25) is 0 Å². The van der Waals surface area contributed by atoms with Gasteiger partial charge in [0.25, 0.3) is 0 Å². The minimum Gasteiger partial charge on any atom is -0.496 e. The van der Waals surface area contributed by atoms with E-state index in [0.717, 1.165) is 11.1 Å². The van der Waals surface area contributed by atoms with Gasteiger partial charge < -0.3 is 19.3 Å². The van der Waals surface area contributed by atoms with E-state index in [9.17, 15) is 14.3 Å². The van der Waals surface area contributed by atoms with Crippen LogP contribution in [0.3, 0.4) is 0 Å². The van der Waals surface area contributed by atoms with Crippen molar-refractivity contribution in [2.24, 2.45) is 0 Å². The normalized spacial score (nSPS) is 11.7. The SMILES string of the molecule is COc1ccccc1-c1nccc(COc2ccccc2CC(Oc2ncnn3cc(-c4ccc(F)cc4)c(Br)c23)C(=O)O)n1. The summed E-state index contributed by atoms with van der Waals surface area (Å²) in [5.74, 6) is 0.170. The molecule has 45 heavy (non-hydrogen) atoms. The Bertz CT molecular complexity index is 1990. The van der Waals surface area contributed by atoms with Gasteiger partial charge >= 0.3 is 5.97 Å². The number of aliphatic carboxylic acids is 1. The zero-order valence-corrected chi connectivity index (χ0v) is 25.4. The Kier molecular flexibility index (Phi) is 8.65. The van der Waals surface area contributed by atoms with Crippen molar-refractivity contribution in [3.8, 4) is 39.9 Å². The average Bonchev–Trinajstić information content (AvgIpc) is 3.41. The number of hydrogen-bond donors (Lipinski definition) is 1. The van der Waals surface area contributed by atoms with E-state index in [0.29, 0.717) is 44.1 Å². The van der Waals surface area contributed by atoms with Crippen molar-refractivity contribution in [3.05, 3.63) is 119 Å². The number of methoxy groups -OCH3 is 1. The van der Waals surface area contributed by atoms with Gasteiger partial charge in [-0.05, 0) is 63.5 Å². The predicted octanol–water partition coefficient (Wildman–Crippen LogP) is 6.42. The largest absolute Gasteiger partial charge is 0.496 e. The molecule has 0 spiro atoms. The van der Waals surface area contributed by atoms with Crippen molar-refractivity contribution in [2.45, 2.75) is 19.1 Å². The standard InChI is InChI=1S/C33H25BrFN5O5/c1-43-27-9-5-3-7-24(27)31-36-15-14-23(39-31)18-44-26-8-4-2-6-21(26)16-28(33(41)42)45-32-30-29(34)25(17-40(30)38-19-37-32)20-10-12-22(35)13-11-20/h2-15,17,19,28H,16,18H2,1H3,(H,41,42). The van der Waals surface area contributed by atoms with Crippen LogP contribution in [0.5, 0.6) is 17.4 Å². The molecule has 3 heterocycles. The van der Waals surface area contributed by atoms with Gasteiger partial charge in [0.15, 0.2) is 5.82 Å². The van der Waals surface area contributed by atoms with Crippen LogP contribution >= 0.6 is 15.9 Å². The molecule has 1 N–H and O–H groups in total. The molecule has 0 bridgehead atoms. The lowest BCUT2D eigenvalue weighted by atomic mass is 10.1. The van der Waals surface area contributed by atoms with E-state index in [4.69, 9.17) is 14.2 Å². The lowest BCUT2D eigenvalue weighted by molar-refractivity contribution is -0.145. The first kappa shape index (κ1) is 29.7. The third kappa shape index (κ3) is 6.46. The number of aromatic nitrogens is 5. The van der Waals surface area contributed by atoms with Crippen LogP contribution in [0.4, 0.5) is 4.39 Å². The summed E-state index contributed by atoms with van der Waals surface area (Å²) >= 11 is 3.57. The van der Waals surface area contributed by atoms with Gasteiger partial charge in [0.2, 0.25) is 12.0 Å². The van der Waals surface area contributed by atoms with E-state index in [1.807, 2.05) is 24.3 Å². The van der Waals surface area contributed by atoms with E-state index in [1.54, 1.807) is 62.0 Å². The van der Waals surface area contributed by atoms with Crippen LogP contribution in [-0.2, 0) is 17.8 Å². The number of carboxylic acids is 1. The second-order valence-electron chi connectivity index (χ2n) is 9.84. The maximum absolute atomic E-state index is 13.5. The van der Waals surface area contributed by atoms with E-state index in [1.165, 1.54) is 23.0 Å². The summed E-state index contributed by atoms with van der Waals surface area (Å²) < 4.78 is 33.2. The first-order valence-corrected chi connectivity index (χ1v) is 14.5. The van der Waals surface area contributed by atoms with E-state index >= 15 is 0 Å². The van der Waals surface area contributed by atoms with Crippen molar-refractivity contribution in [3.63, 3.8) is 0 Å². The van der Waals surface area contributed by atoms with Crippen molar-refractivity contribution in [1.29, 1.82) is 0 Å². The van der Waals surface area contributed by atoms with Crippen LogP contribution in [0, 0.1) is 5.82 Å². The summed E-state index contributed by atoms with van der Waals surface area (Å²) in [6, 6.07) is 22.4. The molecule has 3 aromatic heterocycles. The molecule has 0 saturated heterocycles. The summed E-state index contributed by atoms with van der Waals surface area (Å²) in [6.45, 7) is 0.121. The van der Waals surface area contributed by atoms with Crippen LogP contribution < -0.4 is 14.2 Å². The molecule has 3 aromatic carbocycles. The molecule has 226 valence electrons. The number of hydrogen-bond acceptors (Lipinski definition) is 8. The number of fused-ring (bicyclic) bond motifs is 1. The fourth-order valence-electron chi connectivity index (χ4n) is 4.78. The lowest BCUT2D eigenvalue weighted by Gasteiger charge is -2.17. The zero-order valence-electron chi connectivity index (χ0n) is 23.8.